The maximum atomic E-state index is 13.5. The summed E-state index contributed by atoms with van der Waals surface area (Å²) in [5, 5.41) is 7.61. The van der Waals surface area contributed by atoms with Gasteiger partial charge in [0.1, 0.15) is 11.6 Å². The monoisotopic (exact) mass is 444 g/mol. The van der Waals surface area contributed by atoms with Gasteiger partial charge in [-0.15, -0.1) is 0 Å². The summed E-state index contributed by atoms with van der Waals surface area (Å²) < 4.78 is 20.6. The fraction of sp³-hybridized carbons (Fsp3) is 0.192. The first kappa shape index (κ1) is 22.2. The van der Waals surface area contributed by atoms with E-state index in [0.29, 0.717) is 19.4 Å². The van der Waals surface area contributed by atoms with E-state index in [2.05, 4.69) is 10.3 Å². The number of ether oxygens (including phenoxy) is 1. The van der Waals surface area contributed by atoms with Crippen LogP contribution in [0.4, 0.5) is 4.39 Å². The molecule has 33 heavy (non-hydrogen) atoms. The predicted octanol–water partition coefficient (Wildman–Crippen LogP) is 4.64. The van der Waals surface area contributed by atoms with E-state index in [4.69, 9.17) is 9.84 Å². The molecular weight excluding hydrogens is 419 g/mol. The van der Waals surface area contributed by atoms with Crippen molar-refractivity contribution >= 4 is 5.91 Å². The molecule has 0 aliphatic carbocycles. The second kappa shape index (κ2) is 10.1. The molecule has 1 amide bonds. The fourth-order valence-corrected chi connectivity index (χ4v) is 3.54. The highest BCUT2D eigenvalue weighted by molar-refractivity contribution is 5.76. The number of benzene rings is 2. The van der Waals surface area contributed by atoms with E-state index in [9.17, 15) is 9.18 Å². The molecule has 2 aromatic carbocycles. The van der Waals surface area contributed by atoms with Crippen LogP contribution in [0.1, 0.15) is 23.5 Å². The molecule has 0 aliphatic heterocycles. The fourth-order valence-electron chi connectivity index (χ4n) is 3.54. The molecule has 2 aromatic heterocycles. The molecule has 0 aliphatic rings. The highest BCUT2D eigenvalue weighted by atomic mass is 19.1. The Hall–Kier alpha value is -4.00. The minimum absolute atomic E-state index is 0.0717. The Bertz CT molecular complexity index is 1250. The summed E-state index contributed by atoms with van der Waals surface area (Å²) in [4.78, 5) is 16.8. The van der Waals surface area contributed by atoms with E-state index >= 15 is 0 Å². The number of hydrogen-bond donors (Lipinski definition) is 1. The van der Waals surface area contributed by atoms with Gasteiger partial charge < -0.3 is 10.1 Å². The van der Waals surface area contributed by atoms with Crippen molar-refractivity contribution in [2.24, 2.45) is 0 Å². The van der Waals surface area contributed by atoms with E-state index in [0.717, 1.165) is 39.8 Å². The van der Waals surface area contributed by atoms with Crippen LogP contribution in [0.3, 0.4) is 0 Å². The number of halogens is 1. The Morgan fingerprint density at radius 1 is 1.03 bits per heavy atom. The smallest absolute Gasteiger partial charge is 0.220 e. The zero-order valence-electron chi connectivity index (χ0n) is 18.6. The average molecular weight is 445 g/mol. The van der Waals surface area contributed by atoms with E-state index < -0.39 is 0 Å². The van der Waals surface area contributed by atoms with Crippen LogP contribution in [0, 0.1) is 12.7 Å². The molecular formula is C26H25FN4O2. The highest BCUT2D eigenvalue weighted by Crippen LogP contribution is 2.27. The Labute approximate surface area is 192 Å². The maximum Gasteiger partial charge on any atom is 0.220 e. The van der Waals surface area contributed by atoms with Gasteiger partial charge in [-0.2, -0.15) is 5.10 Å². The summed E-state index contributed by atoms with van der Waals surface area (Å²) in [5.41, 5.74) is 4.98. The van der Waals surface area contributed by atoms with Gasteiger partial charge in [-0.1, -0.05) is 18.2 Å². The molecule has 2 heterocycles. The number of methoxy groups -OCH3 is 1. The zero-order valence-corrected chi connectivity index (χ0v) is 18.6. The van der Waals surface area contributed by atoms with Gasteiger partial charge in [-0.25, -0.2) is 9.07 Å². The van der Waals surface area contributed by atoms with Crippen molar-refractivity contribution in [1.29, 1.82) is 0 Å². The molecule has 0 radical (unpaired) electrons. The van der Waals surface area contributed by atoms with Crippen molar-refractivity contribution in [3.05, 3.63) is 95.7 Å². The molecule has 0 atom stereocenters. The number of aryl methyl sites for hydroxylation is 2. The lowest BCUT2D eigenvalue weighted by Gasteiger charge is -2.09. The molecule has 6 nitrogen and oxygen atoms in total. The van der Waals surface area contributed by atoms with Crippen molar-refractivity contribution in [1.82, 2.24) is 20.1 Å². The second-order valence-corrected chi connectivity index (χ2v) is 7.69. The normalized spacial score (nSPS) is 10.8. The Morgan fingerprint density at radius 2 is 1.82 bits per heavy atom. The number of carbonyl (C=O) groups is 1. The summed E-state index contributed by atoms with van der Waals surface area (Å²) in [6.07, 6.45) is 0.766. The number of rotatable bonds is 8. The zero-order chi connectivity index (χ0) is 23.2. The van der Waals surface area contributed by atoms with E-state index in [1.165, 1.54) is 12.1 Å². The van der Waals surface area contributed by atoms with Crippen molar-refractivity contribution in [2.45, 2.75) is 26.3 Å². The van der Waals surface area contributed by atoms with Gasteiger partial charge in [-0.05, 0) is 61.5 Å². The lowest BCUT2D eigenvalue weighted by atomic mass is 10.1. The van der Waals surface area contributed by atoms with Crippen molar-refractivity contribution in [3.8, 4) is 22.7 Å². The predicted molar refractivity (Wildman–Crippen MR) is 125 cm³/mol. The molecule has 7 heteroatoms. The Kier molecular flexibility index (Phi) is 6.78. The second-order valence-electron chi connectivity index (χ2n) is 7.69. The van der Waals surface area contributed by atoms with Gasteiger partial charge in [0.25, 0.3) is 0 Å². The van der Waals surface area contributed by atoms with Gasteiger partial charge in [0, 0.05) is 24.1 Å². The van der Waals surface area contributed by atoms with E-state index in [-0.39, 0.29) is 11.7 Å². The van der Waals surface area contributed by atoms with Crippen molar-refractivity contribution < 1.29 is 13.9 Å². The number of nitrogens with zero attached hydrogens (tertiary/aromatic N) is 3. The number of amides is 1. The molecule has 0 bridgehead atoms. The third-order valence-corrected chi connectivity index (χ3v) is 5.22. The van der Waals surface area contributed by atoms with Crippen molar-refractivity contribution in [3.63, 3.8) is 0 Å². The maximum absolute atomic E-state index is 13.5. The molecule has 0 fully saturated rings. The average Bonchev–Trinajstić information content (AvgIpc) is 3.26. The minimum atomic E-state index is -0.311. The highest BCUT2D eigenvalue weighted by Gasteiger charge is 2.14. The molecule has 4 aromatic rings. The van der Waals surface area contributed by atoms with Gasteiger partial charge in [0.15, 0.2) is 0 Å². The van der Waals surface area contributed by atoms with Crippen LogP contribution in [-0.4, -0.2) is 27.8 Å². The first-order chi connectivity index (χ1) is 16.0. The minimum Gasteiger partial charge on any atom is -0.497 e. The standard InChI is InChI=1S/C26H25FN4O2/c1-18-5-3-7-22(29-18)17-28-26(32)14-11-21-16-25(19-6-4-8-24(15-19)33-2)31(30-21)23-12-9-20(27)10-13-23/h3-10,12-13,15-16H,11,14,17H2,1-2H3,(H,28,32). The van der Waals surface area contributed by atoms with Gasteiger partial charge in [0.05, 0.1) is 36.4 Å². The third kappa shape index (κ3) is 5.63. The van der Waals surface area contributed by atoms with Crippen molar-refractivity contribution in [2.75, 3.05) is 7.11 Å². The molecule has 0 saturated carbocycles. The number of aromatic nitrogens is 3. The molecule has 0 unspecified atom stereocenters. The van der Waals surface area contributed by atoms with Crippen LogP contribution in [0.15, 0.2) is 72.8 Å². The molecule has 168 valence electrons. The van der Waals surface area contributed by atoms with Crippen LogP contribution in [0.2, 0.25) is 0 Å². The van der Waals surface area contributed by atoms with E-state index in [1.807, 2.05) is 55.5 Å². The lowest BCUT2D eigenvalue weighted by Crippen LogP contribution is -2.23. The SMILES string of the molecule is COc1cccc(-c2cc(CCC(=O)NCc3cccc(C)n3)nn2-c2ccc(F)cc2)c1. The quantitative estimate of drug-likeness (QED) is 0.430. The summed E-state index contributed by atoms with van der Waals surface area (Å²) >= 11 is 0. The molecule has 1 N–H and O–H groups in total. The summed E-state index contributed by atoms with van der Waals surface area (Å²) in [7, 11) is 1.62. The number of nitrogens with one attached hydrogen (secondary N) is 1. The first-order valence-electron chi connectivity index (χ1n) is 10.7. The van der Waals surface area contributed by atoms with E-state index in [1.54, 1.807) is 23.9 Å². The molecule has 4 rings (SSSR count). The van der Waals surface area contributed by atoms with Gasteiger partial charge >= 0.3 is 0 Å². The van der Waals surface area contributed by atoms with Crippen LogP contribution in [0.5, 0.6) is 5.75 Å². The van der Waals surface area contributed by atoms with Crippen LogP contribution < -0.4 is 10.1 Å². The number of hydrogen-bond acceptors (Lipinski definition) is 4. The summed E-state index contributed by atoms with van der Waals surface area (Å²) in [5.74, 6) is 0.344. The Morgan fingerprint density at radius 3 is 2.58 bits per heavy atom. The largest absolute Gasteiger partial charge is 0.497 e. The first-order valence-corrected chi connectivity index (χ1v) is 10.7. The van der Waals surface area contributed by atoms with Crippen LogP contribution in [-0.2, 0) is 17.8 Å². The topological polar surface area (TPSA) is 69.0 Å². The third-order valence-electron chi connectivity index (χ3n) is 5.22. The summed E-state index contributed by atoms with van der Waals surface area (Å²) in [6.45, 7) is 2.31. The molecule has 0 spiro atoms. The number of carbonyl (C=O) groups excluding carboxylic acids is 1. The number of pyridine rings is 1. The van der Waals surface area contributed by atoms with Gasteiger partial charge in [-0.3, -0.25) is 9.78 Å². The van der Waals surface area contributed by atoms with Crippen LogP contribution >= 0.6 is 0 Å². The van der Waals surface area contributed by atoms with Crippen LogP contribution in [0.25, 0.3) is 16.9 Å². The summed E-state index contributed by atoms with van der Waals surface area (Å²) in [6, 6.07) is 21.5. The Balaban J connectivity index is 1.52. The molecule has 0 saturated heterocycles. The van der Waals surface area contributed by atoms with Gasteiger partial charge in [0.2, 0.25) is 5.91 Å². The lowest BCUT2D eigenvalue weighted by molar-refractivity contribution is -0.121.